The van der Waals surface area contributed by atoms with E-state index in [-0.39, 0.29) is 17.9 Å². The topological polar surface area (TPSA) is 80.6 Å². The summed E-state index contributed by atoms with van der Waals surface area (Å²) < 4.78 is 10.3. The highest BCUT2D eigenvalue weighted by Crippen LogP contribution is 2.25. The molecule has 2 atom stereocenters. The molecule has 0 aliphatic heterocycles. The Hall–Kier alpha value is -1.98. The van der Waals surface area contributed by atoms with Crippen LogP contribution in [0.4, 0.5) is 4.79 Å². The summed E-state index contributed by atoms with van der Waals surface area (Å²) in [5, 5.41) is 5.76. The average Bonchev–Trinajstić information content (AvgIpc) is 3.05. The van der Waals surface area contributed by atoms with Gasteiger partial charge in [0.2, 0.25) is 0 Å². The molecule has 0 saturated heterocycles. The maximum Gasteiger partial charge on any atom is 0.407 e. The van der Waals surface area contributed by atoms with Crippen LogP contribution in [0, 0.1) is 5.92 Å². The van der Waals surface area contributed by atoms with Crippen LogP contribution in [0.15, 0.2) is 22.8 Å². The summed E-state index contributed by atoms with van der Waals surface area (Å²) in [7, 11) is 0. The number of alkyl carbamates (subject to hydrolysis) is 1. The highest BCUT2D eigenvalue weighted by Gasteiger charge is 2.30. The molecule has 2 N–H and O–H groups in total. The van der Waals surface area contributed by atoms with E-state index in [0.29, 0.717) is 12.3 Å². The maximum absolute atomic E-state index is 12.0. The number of rotatable bonds is 4. The van der Waals surface area contributed by atoms with Gasteiger partial charge >= 0.3 is 6.09 Å². The van der Waals surface area contributed by atoms with Crippen molar-refractivity contribution in [2.75, 3.05) is 6.54 Å². The first-order chi connectivity index (χ1) is 10.3. The van der Waals surface area contributed by atoms with Gasteiger partial charge in [0.1, 0.15) is 5.60 Å². The number of hydrogen-bond donors (Lipinski definition) is 2. The number of carbonyl (C=O) groups excluding carboxylic acids is 2. The van der Waals surface area contributed by atoms with Gasteiger partial charge < -0.3 is 19.8 Å². The van der Waals surface area contributed by atoms with Crippen molar-refractivity contribution in [1.82, 2.24) is 10.6 Å². The van der Waals surface area contributed by atoms with Crippen LogP contribution in [0.5, 0.6) is 0 Å². The molecule has 122 valence electrons. The predicted molar refractivity (Wildman–Crippen MR) is 81.5 cm³/mol. The molecule has 0 spiro atoms. The fourth-order valence-electron chi connectivity index (χ4n) is 2.65. The van der Waals surface area contributed by atoms with Gasteiger partial charge in [0, 0.05) is 12.6 Å². The van der Waals surface area contributed by atoms with Crippen molar-refractivity contribution in [1.29, 1.82) is 0 Å². The Bertz CT molecular complexity index is 505. The monoisotopic (exact) mass is 308 g/mol. The van der Waals surface area contributed by atoms with Gasteiger partial charge in [-0.3, -0.25) is 4.79 Å². The van der Waals surface area contributed by atoms with Gasteiger partial charge in [0.05, 0.1) is 6.26 Å². The fraction of sp³-hybridized carbons (Fsp3) is 0.625. The highest BCUT2D eigenvalue weighted by molar-refractivity contribution is 5.91. The van der Waals surface area contributed by atoms with E-state index in [2.05, 4.69) is 10.6 Å². The van der Waals surface area contributed by atoms with E-state index in [0.717, 1.165) is 19.3 Å². The van der Waals surface area contributed by atoms with E-state index in [1.165, 1.54) is 6.26 Å². The lowest BCUT2D eigenvalue weighted by Gasteiger charge is -2.23. The average molecular weight is 308 g/mol. The highest BCUT2D eigenvalue weighted by atomic mass is 16.6. The van der Waals surface area contributed by atoms with Gasteiger partial charge in [-0.15, -0.1) is 0 Å². The van der Waals surface area contributed by atoms with Crippen molar-refractivity contribution < 1.29 is 18.7 Å². The largest absolute Gasteiger partial charge is 0.459 e. The van der Waals surface area contributed by atoms with Crippen LogP contribution in [0.25, 0.3) is 0 Å². The summed E-state index contributed by atoms with van der Waals surface area (Å²) in [6.07, 6.45) is 3.97. The van der Waals surface area contributed by atoms with Crippen LogP contribution in [0.1, 0.15) is 50.6 Å². The number of ether oxygens (including phenoxy) is 1. The first-order valence-corrected chi connectivity index (χ1v) is 7.66. The van der Waals surface area contributed by atoms with E-state index in [4.69, 9.17) is 9.15 Å². The minimum Gasteiger partial charge on any atom is -0.459 e. The second kappa shape index (κ2) is 6.85. The quantitative estimate of drug-likeness (QED) is 0.896. The maximum atomic E-state index is 12.0. The van der Waals surface area contributed by atoms with Crippen LogP contribution in [-0.2, 0) is 4.74 Å². The number of furan rings is 1. The van der Waals surface area contributed by atoms with Gasteiger partial charge in [-0.05, 0) is 51.7 Å². The Balaban J connectivity index is 1.81. The van der Waals surface area contributed by atoms with Crippen LogP contribution in [0.2, 0.25) is 0 Å². The Morgan fingerprint density at radius 2 is 2.14 bits per heavy atom. The molecule has 22 heavy (non-hydrogen) atoms. The van der Waals surface area contributed by atoms with Gasteiger partial charge in [-0.1, -0.05) is 6.42 Å². The Labute approximate surface area is 130 Å². The second-order valence-corrected chi connectivity index (χ2v) is 6.63. The summed E-state index contributed by atoms with van der Waals surface area (Å²) in [6, 6.07) is 3.37. The van der Waals surface area contributed by atoms with Crippen molar-refractivity contribution in [3.05, 3.63) is 24.2 Å². The summed E-state index contributed by atoms with van der Waals surface area (Å²) in [6.45, 7) is 5.98. The molecule has 6 heteroatoms. The summed E-state index contributed by atoms with van der Waals surface area (Å²) in [5.41, 5.74) is -0.507. The third-order valence-corrected chi connectivity index (χ3v) is 3.63. The first-order valence-electron chi connectivity index (χ1n) is 7.66. The number of hydrogen-bond acceptors (Lipinski definition) is 4. The molecular formula is C16H24N2O4. The van der Waals surface area contributed by atoms with Crippen molar-refractivity contribution in [3.63, 3.8) is 0 Å². The van der Waals surface area contributed by atoms with Crippen LogP contribution >= 0.6 is 0 Å². The zero-order valence-electron chi connectivity index (χ0n) is 13.3. The van der Waals surface area contributed by atoms with Gasteiger partial charge in [0.15, 0.2) is 5.76 Å². The van der Waals surface area contributed by atoms with Gasteiger partial charge in [-0.2, -0.15) is 0 Å². The predicted octanol–water partition coefficient (Wildman–Crippen LogP) is 2.70. The molecule has 1 saturated carbocycles. The third-order valence-electron chi connectivity index (χ3n) is 3.63. The molecule has 1 aromatic rings. The molecule has 0 unspecified atom stereocenters. The van der Waals surface area contributed by atoms with Crippen LogP contribution in [-0.4, -0.2) is 30.2 Å². The molecule has 0 bridgehead atoms. The molecule has 6 nitrogen and oxygen atoms in total. The molecule has 1 fully saturated rings. The van der Waals surface area contributed by atoms with Gasteiger partial charge in [-0.25, -0.2) is 4.79 Å². The summed E-state index contributed by atoms with van der Waals surface area (Å²) in [5.74, 6) is 0.316. The molecule has 0 aromatic carbocycles. The molecule has 1 aromatic heterocycles. The standard InChI is InChI=1S/C16H24N2O4/c1-16(2,3)22-15(20)17-10-11-6-4-7-12(11)18-14(19)13-8-5-9-21-13/h5,8-9,11-12H,4,6-7,10H2,1-3H3,(H,17,20)(H,18,19)/t11-,12+/m0/s1. The fourth-order valence-corrected chi connectivity index (χ4v) is 2.65. The second-order valence-electron chi connectivity index (χ2n) is 6.63. The lowest BCUT2D eigenvalue weighted by Crippen LogP contribution is -2.43. The van der Waals surface area contributed by atoms with Crippen molar-refractivity contribution in [2.24, 2.45) is 5.92 Å². The summed E-state index contributed by atoms with van der Waals surface area (Å²) in [4.78, 5) is 23.7. The first kappa shape index (κ1) is 16.4. The minimum atomic E-state index is -0.507. The van der Waals surface area contributed by atoms with E-state index >= 15 is 0 Å². The van der Waals surface area contributed by atoms with Crippen molar-refractivity contribution in [3.8, 4) is 0 Å². The van der Waals surface area contributed by atoms with Crippen LogP contribution < -0.4 is 10.6 Å². The Kier molecular flexibility index (Phi) is 5.11. The van der Waals surface area contributed by atoms with Crippen molar-refractivity contribution in [2.45, 2.75) is 51.7 Å². The van der Waals surface area contributed by atoms with Crippen LogP contribution in [0.3, 0.4) is 0 Å². The molecule has 1 aliphatic rings. The molecular weight excluding hydrogens is 284 g/mol. The molecule has 0 radical (unpaired) electrons. The normalized spacial score (nSPS) is 21.4. The Morgan fingerprint density at radius 3 is 2.77 bits per heavy atom. The van der Waals surface area contributed by atoms with E-state index in [1.807, 2.05) is 20.8 Å². The van der Waals surface area contributed by atoms with E-state index < -0.39 is 11.7 Å². The molecule has 2 amide bonds. The zero-order chi connectivity index (χ0) is 16.2. The van der Waals surface area contributed by atoms with Crippen molar-refractivity contribution >= 4 is 12.0 Å². The minimum absolute atomic E-state index is 0.0486. The molecule has 1 heterocycles. The lowest BCUT2D eigenvalue weighted by molar-refractivity contribution is 0.0517. The number of nitrogens with one attached hydrogen (secondary N) is 2. The number of carbonyl (C=O) groups is 2. The Morgan fingerprint density at radius 1 is 1.36 bits per heavy atom. The number of amides is 2. The smallest absolute Gasteiger partial charge is 0.407 e. The molecule has 1 aliphatic carbocycles. The summed E-state index contributed by atoms with van der Waals surface area (Å²) >= 11 is 0. The van der Waals surface area contributed by atoms with Gasteiger partial charge in [0.25, 0.3) is 5.91 Å². The van der Waals surface area contributed by atoms with E-state index in [1.54, 1.807) is 12.1 Å². The zero-order valence-corrected chi connectivity index (χ0v) is 13.3. The van der Waals surface area contributed by atoms with E-state index in [9.17, 15) is 9.59 Å². The SMILES string of the molecule is CC(C)(C)OC(=O)NC[C@@H]1CCC[C@H]1NC(=O)c1ccco1. The lowest BCUT2D eigenvalue weighted by atomic mass is 10.0. The molecule has 2 rings (SSSR count). The third kappa shape index (κ3) is 4.79.